The highest BCUT2D eigenvalue weighted by Gasteiger charge is 2.30. The molecule has 0 aliphatic carbocycles. The molecule has 0 aromatic carbocycles. The molecule has 1 saturated heterocycles. The summed E-state index contributed by atoms with van der Waals surface area (Å²) in [7, 11) is 1.61. The van der Waals surface area contributed by atoms with E-state index >= 15 is 0 Å². The smallest absolute Gasteiger partial charge is 0.410 e. The summed E-state index contributed by atoms with van der Waals surface area (Å²) in [6, 6.07) is 4.06. The second kappa shape index (κ2) is 10.8. The average Bonchev–Trinajstić information content (AvgIpc) is 3.45. The van der Waals surface area contributed by atoms with E-state index in [1.54, 1.807) is 7.11 Å². The molecule has 0 saturated carbocycles. The van der Waals surface area contributed by atoms with Crippen LogP contribution in [0.5, 0.6) is 5.88 Å². The molecule has 0 N–H and O–H groups in total. The van der Waals surface area contributed by atoms with Crippen molar-refractivity contribution in [3.63, 3.8) is 0 Å². The minimum Gasteiger partial charge on any atom is -0.481 e. The molecule has 5 heterocycles. The first-order chi connectivity index (χ1) is 18.2. The van der Waals surface area contributed by atoms with Gasteiger partial charge in [0.25, 0.3) is 0 Å². The van der Waals surface area contributed by atoms with E-state index in [1.165, 1.54) is 5.56 Å². The predicted octanol–water partition coefficient (Wildman–Crippen LogP) is 4.46. The third-order valence-electron chi connectivity index (χ3n) is 7.41. The van der Waals surface area contributed by atoms with Crippen molar-refractivity contribution in [2.75, 3.05) is 33.4 Å². The van der Waals surface area contributed by atoms with Crippen molar-refractivity contribution in [3.05, 3.63) is 42.0 Å². The largest absolute Gasteiger partial charge is 0.481 e. The molecule has 1 unspecified atom stereocenters. The Kier molecular flexibility index (Phi) is 7.43. The fraction of sp³-hybridized carbons (Fsp3) is 0.571. The van der Waals surface area contributed by atoms with Gasteiger partial charge in [0, 0.05) is 42.9 Å². The number of methoxy groups -OCH3 is 1. The number of carbonyl (C=O) groups is 1. The van der Waals surface area contributed by atoms with E-state index in [2.05, 4.69) is 18.1 Å². The zero-order valence-corrected chi connectivity index (χ0v) is 23.0. The molecule has 5 rings (SSSR count). The number of rotatable bonds is 5. The minimum atomic E-state index is -0.479. The van der Waals surface area contributed by atoms with Crippen molar-refractivity contribution in [2.24, 2.45) is 5.92 Å². The maximum Gasteiger partial charge on any atom is 0.410 e. The lowest BCUT2D eigenvalue weighted by molar-refractivity contribution is 0.0163. The number of hydrogen-bond donors (Lipinski definition) is 0. The Bertz CT molecular complexity index is 1250. The lowest BCUT2D eigenvalue weighted by Crippen LogP contribution is -2.42. The monoisotopic (exact) mass is 522 g/mol. The van der Waals surface area contributed by atoms with Crippen LogP contribution in [-0.4, -0.2) is 74.6 Å². The highest BCUT2D eigenvalue weighted by atomic mass is 16.6. The summed E-state index contributed by atoms with van der Waals surface area (Å²) in [5.74, 6) is 1.00. The topological polar surface area (TPSA) is 96.5 Å². The van der Waals surface area contributed by atoms with Gasteiger partial charge in [0.15, 0.2) is 0 Å². The summed E-state index contributed by atoms with van der Waals surface area (Å²) in [5, 5.41) is 9.78. The Balaban J connectivity index is 1.34. The van der Waals surface area contributed by atoms with E-state index in [0.29, 0.717) is 38.1 Å². The van der Waals surface area contributed by atoms with Gasteiger partial charge in [-0.15, -0.1) is 0 Å². The van der Waals surface area contributed by atoms with Crippen molar-refractivity contribution in [1.82, 2.24) is 29.4 Å². The Morgan fingerprint density at radius 2 is 1.89 bits per heavy atom. The predicted molar refractivity (Wildman–Crippen MR) is 143 cm³/mol. The Morgan fingerprint density at radius 3 is 2.58 bits per heavy atom. The van der Waals surface area contributed by atoms with Crippen LogP contribution in [0.1, 0.15) is 57.8 Å². The van der Waals surface area contributed by atoms with Crippen molar-refractivity contribution in [2.45, 2.75) is 65.0 Å². The van der Waals surface area contributed by atoms with Gasteiger partial charge in [0.2, 0.25) is 5.88 Å². The molecule has 0 radical (unpaired) electrons. The molecule has 10 nitrogen and oxygen atoms in total. The van der Waals surface area contributed by atoms with Crippen molar-refractivity contribution >= 4 is 6.09 Å². The number of aromatic nitrogens is 5. The lowest BCUT2D eigenvalue weighted by atomic mass is 9.90. The van der Waals surface area contributed by atoms with Gasteiger partial charge < -0.3 is 19.1 Å². The number of ether oxygens (including phenoxy) is 3. The zero-order chi connectivity index (χ0) is 26.9. The van der Waals surface area contributed by atoms with E-state index < -0.39 is 5.60 Å². The number of nitrogens with zero attached hydrogens (tertiary/aromatic N) is 6. The molecule has 10 heteroatoms. The first-order valence-electron chi connectivity index (χ1n) is 13.4. The van der Waals surface area contributed by atoms with Crippen molar-refractivity contribution < 1.29 is 19.0 Å². The molecule has 1 fully saturated rings. The second-order valence-electron chi connectivity index (χ2n) is 11.1. The normalized spacial score (nSPS) is 17.6. The summed E-state index contributed by atoms with van der Waals surface area (Å²) in [6.45, 7) is 10.6. The standard InChI is InChI=1S/C28H38N6O4/c1-19(20-8-12-32(13-9-20)27(35)38-28(2,3)4)33-18-22(17-30-33)34-24-11-15-37-14-10-23(24)26(31-34)21-6-7-25(36-5)29-16-21/h6-7,16-20H,8-15H2,1-5H3. The summed E-state index contributed by atoms with van der Waals surface area (Å²) in [6.07, 6.45) is 8.98. The van der Waals surface area contributed by atoms with Crippen LogP contribution >= 0.6 is 0 Å². The zero-order valence-electron chi connectivity index (χ0n) is 23.0. The molecule has 3 aromatic rings. The highest BCUT2D eigenvalue weighted by Crippen LogP contribution is 2.32. The van der Waals surface area contributed by atoms with Gasteiger partial charge in [0.1, 0.15) is 11.3 Å². The molecule has 38 heavy (non-hydrogen) atoms. The number of hydrogen-bond acceptors (Lipinski definition) is 7. The van der Waals surface area contributed by atoms with Gasteiger partial charge in [0.05, 0.1) is 50.1 Å². The number of fused-ring (bicyclic) bond motifs is 1. The summed E-state index contributed by atoms with van der Waals surface area (Å²) >= 11 is 0. The van der Waals surface area contributed by atoms with Crippen molar-refractivity contribution in [3.8, 4) is 22.8 Å². The second-order valence-corrected chi connectivity index (χ2v) is 11.1. The molecule has 204 valence electrons. The third-order valence-corrected chi connectivity index (χ3v) is 7.41. The Morgan fingerprint density at radius 1 is 1.13 bits per heavy atom. The summed E-state index contributed by atoms with van der Waals surface area (Å²) < 4.78 is 20.6. The van der Waals surface area contributed by atoms with Crippen LogP contribution in [-0.2, 0) is 22.3 Å². The van der Waals surface area contributed by atoms with Crippen LogP contribution in [0.2, 0.25) is 0 Å². The SMILES string of the molecule is COc1ccc(-c2nn(-c3cnn(C(C)C4CCN(C(=O)OC(C)(C)C)CC4)c3)c3c2CCOCC3)cn1. The summed E-state index contributed by atoms with van der Waals surface area (Å²) in [5.41, 5.74) is 4.70. The highest BCUT2D eigenvalue weighted by molar-refractivity contribution is 5.68. The summed E-state index contributed by atoms with van der Waals surface area (Å²) in [4.78, 5) is 18.7. The van der Waals surface area contributed by atoms with Crippen LogP contribution in [0.25, 0.3) is 16.9 Å². The molecule has 2 aliphatic heterocycles. The number of amides is 1. The Labute approximate surface area is 223 Å². The van der Waals surface area contributed by atoms with Crippen molar-refractivity contribution in [1.29, 1.82) is 0 Å². The van der Waals surface area contributed by atoms with Gasteiger partial charge in [-0.25, -0.2) is 14.5 Å². The van der Waals surface area contributed by atoms with Crippen LogP contribution in [0.15, 0.2) is 30.7 Å². The van der Waals surface area contributed by atoms with Crippen LogP contribution < -0.4 is 4.74 Å². The number of pyridine rings is 1. The molecular weight excluding hydrogens is 484 g/mol. The minimum absolute atomic E-state index is 0.201. The van der Waals surface area contributed by atoms with E-state index in [-0.39, 0.29) is 12.1 Å². The van der Waals surface area contributed by atoms with Crippen LogP contribution in [0.3, 0.4) is 0 Å². The molecule has 1 amide bonds. The van der Waals surface area contributed by atoms with E-state index in [1.807, 2.05) is 59.6 Å². The number of carbonyl (C=O) groups excluding carboxylic acids is 1. The molecule has 0 bridgehead atoms. The number of likely N-dealkylation sites (tertiary alicyclic amines) is 1. The fourth-order valence-electron chi connectivity index (χ4n) is 5.30. The van der Waals surface area contributed by atoms with Crippen LogP contribution in [0, 0.1) is 5.92 Å². The molecular formula is C28H38N6O4. The molecule has 0 spiro atoms. The van der Waals surface area contributed by atoms with E-state index in [4.69, 9.17) is 24.4 Å². The van der Waals surface area contributed by atoms with E-state index in [0.717, 1.165) is 48.3 Å². The fourth-order valence-corrected chi connectivity index (χ4v) is 5.30. The van der Waals surface area contributed by atoms with Gasteiger partial charge in [-0.3, -0.25) is 4.68 Å². The maximum absolute atomic E-state index is 12.5. The van der Waals surface area contributed by atoms with E-state index in [9.17, 15) is 4.79 Å². The van der Waals surface area contributed by atoms with Crippen LogP contribution in [0.4, 0.5) is 4.79 Å². The Hall–Kier alpha value is -3.40. The third kappa shape index (κ3) is 5.55. The molecule has 2 aliphatic rings. The number of piperidine rings is 1. The molecule has 1 atom stereocenters. The molecule has 3 aromatic heterocycles. The first-order valence-corrected chi connectivity index (χ1v) is 13.4. The van der Waals surface area contributed by atoms with Gasteiger partial charge in [-0.05, 0) is 58.9 Å². The van der Waals surface area contributed by atoms with Gasteiger partial charge >= 0.3 is 6.09 Å². The quantitative estimate of drug-likeness (QED) is 0.488. The van der Waals surface area contributed by atoms with Gasteiger partial charge in [-0.2, -0.15) is 10.2 Å². The average molecular weight is 523 g/mol. The first kappa shape index (κ1) is 26.2. The lowest BCUT2D eigenvalue weighted by Gasteiger charge is -2.35. The van der Waals surface area contributed by atoms with Gasteiger partial charge in [-0.1, -0.05) is 0 Å². The maximum atomic E-state index is 12.5.